The fourth-order valence-corrected chi connectivity index (χ4v) is 7.44. The van der Waals surface area contributed by atoms with Crippen LogP contribution >= 0.6 is 0 Å². The number of benzene rings is 2. The zero-order valence-electron chi connectivity index (χ0n) is 26.2. The molecule has 0 radical (unpaired) electrons. The predicted molar refractivity (Wildman–Crippen MR) is 168 cm³/mol. The molecule has 3 saturated heterocycles. The second-order valence-corrected chi connectivity index (χ2v) is 12.8. The number of nitrogens with zero attached hydrogens (tertiary/aromatic N) is 3. The van der Waals surface area contributed by atoms with E-state index in [9.17, 15) is 24.0 Å². The minimum atomic E-state index is -0.970. The van der Waals surface area contributed by atoms with Crippen LogP contribution in [-0.2, 0) is 14.4 Å². The largest absolute Gasteiger partial charge is 0.493 e. The Hall–Kier alpha value is -4.21. The topological polar surface area (TPSA) is 116 Å². The van der Waals surface area contributed by atoms with Gasteiger partial charge in [0.2, 0.25) is 17.7 Å². The molecule has 4 aliphatic heterocycles. The van der Waals surface area contributed by atoms with E-state index in [2.05, 4.69) is 30.1 Å². The molecule has 0 saturated carbocycles. The summed E-state index contributed by atoms with van der Waals surface area (Å²) in [5.74, 6) is 0.292. The Balaban J connectivity index is 0.979. The van der Waals surface area contributed by atoms with Crippen molar-refractivity contribution in [2.24, 2.45) is 11.8 Å². The fraction of sp³-hybridized carbons (Fsp3) is 0.514. The number of aryl methyl sites for hydroxylation is 1. The highest BCUT2D eigenvalue weighted by atomic mass is 16.5. The van der Waals surface area contributed by atoms with Crippen molar-refractivity contribution in [1.82, 2.24) is 15.1 Å². The molecule has 1 unspecified atom stereocenters. The Bertz CT molecular complexity index is 1510. The third-order valence-corrected chi connectivity index (χ3v) is 10.2. The number of ether oxygens (including phenoxy) is 1. The molecule has 0 spiro atoms. The normalized spacial score (nSPS) is 21.3. The number of likely N-dealkylation sites (tertiary alicyclic amines) is 1. The molecule has 2 aromatic rings. The molecule has 0 aromatic heterocycles. The average Bonchev–Trinajstić information content (AvgIpc) is 3.30. The Kier molecular flexibility index (Phi) is 8.92. The number of anilines is 1. The van der Waals surface area contributed by atoms with Crippen LogP contribution < -0.4 is 15.0 Å². The number of hydrogen-bond acceptors (Lipinski definition) is 7. The summed E-state index contributed by atoms with van der Waals surface area (Å²) in [6.07, 6.45) is 5.41. The lowest BCUT2D eigenvalue weighted by molar-refractivity contribution is -0.136. The number of nitrogens with one attached hydrogen (secondary N) is 1. The number of carbonyl (C=O) groups excluding carboxylic acids is 5. The Morgan fingerprint density at radius 1 is 0.867 bits per heavy atom. The summed E-state index contributed by atoms with van der Waals surface area (Å²) >= 11 is 0. The zero-order valence-corrected chi connectivity index (χ0v) is 26.2. The average molecular weight is 615 g/mol. The van der Waals surface area contributed by atoms with Crippen LogP contribution in [0.15, 0.2) is 36.4 Å². The van der Waals surface area contributed by atoms with E-state index in [0.717, 1.165) is 73.8 Å². The smallest absolute Gasteiger partial charge is 0.264 e. The maximum atomic E-state index is 13.5. The third kappa shape index (κ3) is 6.19. The first kappa shape index (κ1) is 30.8. The molecule has 10 nitrogen and oxygen atoms in total. The van der Waals surface area contributed by atoms with Gasteiger partial charge in [0.15, 0.2) is 0 Å². The molecule has 3 fully saturated rings. The molecule has 4 heterocycles. The number of amides is 5. The molecule has 6 rings (SSSR count). The third-order valence-electron chi connectivity index (χ3n) is 10.2. The van der Waals surface area contributed by atoms with Crippen LogP contribution in [0.3, 0.4) is 0 Å². The molecule has 1 atom stereocenters. The van der Waals surface area contributed by atoms with Gasteiger partial charge < -0.3 is 14.5 Å². The second kappa shape index (κ2) is 13.0. The maximum absolute atomic E-state index is 13.5. The monoisotopic (exact) mass is 614 g/mol. The Labute approximate surface area is 264 Å². The number of rotatable bonds is 8. The summed E-state index contributed by atoms with van der Waals surface area (Å²) in [6.45, 7) is 7.80. The van der Waals surface area contributed by atoms with Gasteiger partial charge in [-0.05, 0) is 93.5 Å². The lowest BCUT2D eigenvalue weighted by Crippen LogP contribution is -2.54. The summed E-state index contributed by atoms with van der Waals surface area (Å²) in [5.41, 5.74) is 3.76. The van der Waals surface area contributed by atoms with Gasteiger partial charge in [-0.3, -0.25) is 34.2 Å². The number of fused-ring (bicyclic) bond motifs is 1. The van der Waals surface area contributed by atoms with Crippen LogP contribution in [0.5, 0.6) is 5.75 Å². The van der Waals surface area contributed by atoms with Crippen molar-refractivity contribution in [1.29, 1.82) is 0 Å². The summed E-state index contributed by atoms with van der Waals surface area (Å²) < 4.78 is 5.93. The zero-order chi connectivity index (χ0) is 31.7. The highest BCUT2D eigenvalue weighted by Gasteiger charge is 2.46. The van der Waals surface area contributed by atoms with Gasteiger partial charge in [-0.25, -0.2) is 0 Å². The minimum absolute atomic E-state index is 0.0977. The van der Waals surface area contributed by atoms with E-state index in [-0.39, 0.29) is 24.7 Å². The van der Waals surface area contributed by atoms with E-state index in [1.807, 2.05) is 23.1 Å². The van der Waals surface area contributed by atoms with Crippen LogP contribution in [0.2, 0.25) is 0 Å². The second-order valence-electron chi connectivity index (χ2n) is 12.8. The molecule has 1 N–H and O–H groups in total. The van der Waals surface area contributed by atoms with E-state index in [1.54, 1.807) is 12.1 Å². The van der Waals surface area contributed by atoms with Gasteiger partial charge >= 0.3 is 0 Å². The maximum Gasteiger partial charge on any atom is 0.264 e. The van der Waals surface area contributed by atoms with Gasteiger partial charge in [0.1, 0.15) is 11.8 Å². The van der Waals surface area contributed by atoms with E-state index in [4.69, 9.17) is 4.74 Å². The fourth-order valence-electron chi connectivity index (χ4n) is 7.44. The first-order chi connectivity index (χ1) is 21.7. The number of imide groups is 2. The highest BCUT2D eigenvalue weighted by Crippen LogP contribution is 2.38. The van der Waals surface area contributed by atoms with Crippen molar-refractivity contribution >= 4 is 35.2 Å². The Morgan fingerprint density at radius 2 is 1.56 bits per heavy atom. The first-order valence-electron chi connectivity index (χ1n) is 16.3. The van der Waals surface area contributed by atoms with Gasteiger partial charge in [0.05, 0.1) is 23.4 Å². The van der Waals surface area contributed by atoms with Crippen LogP contribution in [0, 0.1) is 25.7 Å². The van der Waals surface area contributed by atoms with Gasteiger partial charge in [0.25, 0.3) is 11.8 Å². The van der Waals surface area contributed by atoms with Crippen LogP contribution in [-0.4, -0.2) is 78.2 Å². The standard InChI is InChI=1S/C35H42N4O6/c1-22-6-3-9-29(23(22)2)45-21-5-10-31(41)38-19-15-25(16-20-38)24-13-17-37(18-14-24)27-8-4-7-26-32(27)35(44)39(34(26)43)28-11-12-30(40)36-33(28)42/h3-4,6-9,24-25,28H,5,10-21H2,1-2H3,(H,36,40,42). The highest BCUT2D eigenvalue weighted by molar-refractivity contribution is 6.25. The quantitative estimate of drug-likeness (QED) is 0.353. The molecular formula is C35H42N4O6. The number of piperidine rings is 3. The number of carbonyl (C=O) groups is 5. The molecule has 0 aliphatic carbocycles. The SMILES string of the molecule is Cc1cccc(OCCCC(=O)N2CCC(C3CCN(c4cccc5c4C(=O)N(C4CCC(=O)NC4=O)C5=O)CC3)CC2)c1C. The molecule has 4 aliphatic rings. The van der Waals surface area contributed by atoms with E-state index in [0.29, 0.717) is 42.4 Å². The summed E-state index contributed by atoms with van der Waals surface area (Å²) in [5, 5.41) is 2.26. The molecule has 5 amide bonds. The molecular weight excluding hydrogens is 572 g/mol. The van der Waals surface area contributed by atoms with Crippen molar-refractivity contribution in [3.8, 4) is 5.75 Å². The summed E-state index contributed by atoms with van der Waals surface area (Å²) in [7, 11) is 0. The van der Waals surface area contributed by atoms with E-state index >= 15 is 0 Å². The Morgan fingerprint density at radius 3 is 2.27 bits per heavy atom. The molecule has 238 valence electrons. The van der Waals surface area contributed by atoms with Crippen molar-refractivity contribution in [3.63, 3.8) is 0 Å². The van der Waals surface area contributed by atoms with Gasteiger partial charge in [-0.2, -0.15) is 0 Å². The minimum Gasteiger partial charge on any atom is -0.493 e. The lowest BCUT2D eigenvalue weighted by Gasteiger charge is -2.41. The summed E-state index contributed by atoms with van der Waals surface area (Å²) in [6, 6.07) is 10.4. The van der Waals surface area contributed by atoms with Gasteiger partial charge in [0, 0.05) is 39.0 Å². The van der Waals surface area contributed by atoms with Crippen molar-refractivity contribution in [2.75, 3.05) is 37.7 Å². The molecule has 0 bridgehead atoms. The van der Waals surface area contributed by atoms with Crippen LogP contribution in [0.25, 0.3) is 0 Å². The van der Waals surface area contributed by atoms with Gasteiger partial charge in [-0.15, -0.1) is 0 Å². The molecule has 45 heavy (non-hydrogen) atoms. The van der Waals surface area contributed by atoms with E-state index < -0.39 is 23.8 Å². The van der Waals surface area contributed by atoms with Crippen LogP contribution in [0.4, 0.5) is 5.69 Å². The van der Waals surface area contributed by atoms with Crippen molar-refractivity contribution in [2.45, 2.75) is 71.3 Å². The van der Waals surface area contributed by atoms with Crippen LogP contribution in [0.1, 0.15) is 83.2 Å². The van der Waals surface area contributed by atoms with Crippen molar-refractivity contribution in [3.05, 3.63) is 58.7 Å². The molecule has 10 heteroatoms. The predicted octanol–water partition coefficient (Wildman–Crippen LogP) is 4.02. The number of hydrogen-bond donors (Lipinski definition) is 1. The van der Waals surface area contributed by atoms with E-state index in [1.165, 1.54) is 5.56 Å². The van der Waals surface area contributed by atoms with Crippen molar-refractivity contribution < 1.29 is 28.7 Å². The molecule has 2 aromatic carbocycles. The lowest BCUT2D eigenvalue weighted by atomic mass is 9.78. The first-order valence-corrected chi connectivity index (χ1v) is 16.3. The summed E-state index contributed by atoms with van der Waals surface area (Å²) in [4.78, 5) is 69.0. The van der Waals surface area contributed by atoms with Gasteiger partial charge in [-0.1, -0.05) is 18.2 Å².